The van der Waals surface area contributed by atoms with Crippen LogP contribution >= 0.6 is 11.8 Å². The highest BCUT2D eigenvalue weighted by molar-refractivity contribution is 7.99. The number of hydrogen-bond donors (Lipinski definition) is 1. The highest BCUT2D eigenvalue weighted by atomic mass is 32.2. The van der Waals surface area contributed by atoms with E-state index in [1.54, 1.807) is 18.0 Å². The van der Waals surface area contributed by atoms with Gasteiger partial charge in [0.1, 0.15) is 0 Å². The van der Waals surface area contributed by atoms with Crippen molar-refractivity contribution in [2.45, 2.75) is 17.2 Å². The fourth-order valence-electron chi connectivity index (χ4n) is 0.660. The van der Waals surface area contributed by atoms with Gasteiger partial charge in [-0.25, -0.2) is 4.98 Å². The molecule has 1 N–H and O–H groups in total. The molecule has 0 aliphatic carbocycles. The molecule has 0 radical (unpaired) electrons. The van der Waals surface area contributed by atoms with Crippen LogP contribution in [0, 0.1) is 0 Å². The summed E-state index contributed by atoms with van der Waals surface area (Å²) in [6.07, 6.45) is 1.76. The van der Waals surface area contributed by atoms with Crippen molar-refractivity contribution in [3.63, 3.8) is 0 Å². The van der Waals surface area contributed by atoms with E-state index in [2.05, 4.69) is 4.98 Å². The van der Waals surface area contributed by atoms with E-state index in [0.717, 1.165) is 5.03 Å². The molecule has 2 nitrogen and oxygen atoms in total. The largest absolute Gasteiger partial charge is 0.395 e. The topological polar surface area (TPSA) is 33.1 Å². The van der Waals surface area contributed by atoms with Crippen LogP contribution in [0.4, 0.5) is 0 Å². The first-order chi connectivity index (χ1) is 5.33. The summed E-state index contributed by atoms with van der Waals surface area (Å²) in [5, 5.41) is 9.94. The fourth-order valence-corrected chi connectivity index (χ4v) is 1.43. The van der Waals surface area contributed by atoms with Gasteiger partial charge in [-0.3, -0.25) is 0 Å². The third-order valence-electron chi connectivity index (χ3n) is 1.22. The third kappa shape index (κ3) is 2.91. The Morgan fingerprint density at radius 2 is 2.45 bits per heavy atom. The maximum atomic E-state index is 8.75. The molecular formula is C8H11NOS. The first kappa shape index (κ1) is 8.56. The number of hydrogen-bond acceptors (Lipinski definition) is 3. The Bertz CT molecular complexity index is 203. The second kappa shape index (κ2) is 4.36. The number of aliphatic hydroxyl groups is 1. The summed E-state index contributed by atoms with van der Waals surface area (Å²) in [7, 11) is 0. The standard InChI is InChI=1S/C8H11NOS/c1-7(6-10)11-8-4-2-3-5-9-8/h2-5,7,10H,6H2,1H3. The van der Waals surface area contributed by atoms with Crippen molar-refractivity contribution in [1.82, 2.24) is 4.98 Å². The molecule has 1 unspecified atom stereocenters. The second-order valence-corrected chi connectivity index (χ2v) is 3.74. The van der Waals surface area contributed by atoms with E-state index < -0.39 is 0 Å². The van der Waals surface area contributed by atoms with Gasteiger partial charge in [-0.2, -0.15) is 0 Å². The summed E-state index contributed by atoms with van der Waals surface area (Å²) in [5.74, 6) is 0. The Morgan fingerprint density at radius 1 is 1.64 bits per heavy atom. The van der Waals surface area contributed by atoms with Crippen LogP contribution in [0.5, 0.6) is 0 Å². The van der Waals surface area contributed by atoms with Crippen molar-refractivity contribution in [3.8, 4) is 0 Å². The van der Waals surface area contributed by atoms with Crippen molar-refractivity contribution in [3.05, 3.63) is 24.4 Å². The normalized spacial score (nSPS) is 12.9. The minimum atomic E-state index is 0.196. The van der Waals surface area contributed by atoms with Crippen LogP contribution in [-0.4, -0.2) is 21.9 Å². The molecule has 0 amide bonds. The van der Waals surface area contributed by atoms with Crippen molar-refractivity contribution in [2.75, 3.05) is 6.61 Å². The van der Waals surface area contributed by atoms with Crippen molar-refractivity contribution in [2.24, 2.45) is 0 Å². The lowest BCUT2D eigenvalue weighted by atomic mass is 10.5. The molecule has 0 fully saturated rings. The number of aromatic nitrogens is 1. The Kier molecular flexibility index (Phi) is 3.39. The van der Waals surface area contributed by atoms with E-state index in [4.69, 9.17) is 5.11 Å². The molecular weight excluding hydrogens is 158 g/mol. The van der Waals surface area contributed by atoms with E-state index in [0.29, 0.717) is 0 Å². The molecule has 60 valence electrons. The summed E-state index contributed by atoms with van der Waals surface area (Å²) < 4.78 is 0. The maximum Gasteiger partial charge on any atom is 0.0963 e. The van der Waals surface area contributed by atoms with E-state index in [1.165, 1.54) is 0 Å². The number of pyridine rings is 1. The van der Waals surface area contributed by atoms with Gasteiger partial charge in [-0.1, -0.05) is 13.0 Å². The molecule has 0 spiro atoms. The highest BCUT2D eigenvalue weighted by Crippen LogP contribution is 2.19. The van der Waals surface area contributed by atoms with Gasteiger partial charge >= 0.3 is 0 Å². The summed E-state index contributed by atoms with van der Waals surface area (Å²) in [4.78, 5) is 4.12. The third-order valence-corrected chi connectivity index (χ3v) is 2.25. The van der Waals surface area contributed by atoms with Crippen molar-refractivity contribution >= 4 is 11.8 Å². The molecule has 0 aliphatic rings. The zero-order chi connectivity index (χ0) is 8.10. The minimum Gasteiger partial charge on any atom is -0.395 e. The molecule has 11 heavy (non-hydrogen) atoms. The van der Waals surface area contributed by atoms with Crippen molar-refractivity contribution < 1.29 is 5.11 Å². The number of nitrogens with zero attached hydrogens (tertiary/aromatic N) is 1. The van der Waals surface area contributed by atoms with Gasteiger partial charge in [0, 0.05) is 11.4 Å². The van der Waals surface area contributed by atoms with Crippen molar-refractivity contribution in [1.29, 1.82) is 0 Å². The van der Waals surface area contributed by atoms with Gasteiger partial charge in [0.15, 0.2) is 0 Å². The minimum absolute atomic E-state index is 0.196. The smallest absolute Gasteiger partial charge is 0.0963 e. The lowest BCUT2D eigenvalue weighted by Crippen LogP contribution is -2.01. The van der Waals surface area contributed by atoms with Crippen LogP contribution in [0.1, 0.15) is 6.92 Å². The van der Waals surface area contributed by atoms with E-state index in [9.17, 15) is 0 Å². The van der Waals surface area contributed by atoms with Crippen LogP contribution < -0.4 is 0 Å². The van der Waals surface area contributed by atoms with Gasteiger partial charge in [0.05, 0.1) is 11.6 Å². The lowest BCUT2D eigenvalue weighted by molar-refractivity contribution is 0.300. The fraction of sp³-hybridized carbons (Fsp3) is 0.375. The molecule has 1 heterocycles. The molecule has 1 atom stereocenters. The zero-order valence-electron chi connectivity index (χ0n) is 6.40. The maximum absolute atomic E-state index is 8.75. The van der Waals surface area contributed by atoms with Gasteiger partial charge in [0.2, 0.25) is 0 Å². The van der Waals surface area contributed by atoms with Crippen LogP contribution in [0.25, 0.3) is 0 Å². The quantitative estimate of drug-likeness (QED) is 0.697. The van der Waals surface area contributed by atoms with Crippen LogP contribution in [-0.2, 0) is 0 Å². The molecule has 0 saturated heterocycles. The molecule has 0 bridgehead atoms. The average molecular weight is 169 g/mol. The summed E-state index contributed by atoms with van der Waals surface area (Å²) >= 11 is 1.58. The molecule has 1 rings (SSSR count). The van der Waals surface area contributed by atoms with Gasteiger partial charge in [0.25, 0.3) is 0 Å². The zero-order valence-corrected chi connectivity index (χ0v) is 7.21. The SMILES string of the molecule is CC(CO)Sc1ccccn1. The van der Waals surface area contributed by atoms with Gasteiger partial charge in [-0.15, -0.1) is 11.8 Å². The Hall–Kier alpha value is -0.540. The molecule has 1 aromatic rings. The second-order valence-electron chi connectivity index (χ2n) is 2.28. The Labute approximate surface area is 70.7 Å². The monoisotopic (exact) mass is 169 g/mol. The summed E-state index contributed by atoms with van der Waals surface area (Å²) in [6.45, 7) is 2.17. The summed E-state index contributed by atoms with van der Waals surface area (Å²) in [5.41, 5.74) is 0. The van der Waals surface area contributed by atoms with E-state index in [-0.39, 0.29) is 11.9 Å². The number of aliphatic hydroxyl groups excluding tert-OH is 1. The Morgan fingerprint density at radius 3 is 3.00 bits per heavy atom. The molecule has 1 aromatic heterocycles. The molecule has 3 heteroatoms. The average Bonchev–Trinajstić information content (AvgIpc) is 2.06. The van der Waals surface area contributed by atoms with E-state index >= 15 is 0 Å². The lowest BCUT2D eigenvalue weighted by Gasteiger charge is -2.04. The Balaban J connectivity index is 2.51. The number of rotatable bonds is 3. The first-order valence-corrected chi connectivity index (χ1v) is 4.39. The first-order valence-electron chi connectivity index (χ1n) is 3.51. The summed E-state index contributed by atoms with van der Waals surface area (Å²) in [6, 6.07) is 5.77. The molecule has 0 aliphatic heterocycles. The van der Waals surface area contributed by atoms with Crippen LogP contribution in [0.15, 0.2) is 29.4 Å². The van der Waals surface area contributed by atoms with Gasteiger partial charge < -0.3 is 5.11 Å². The van der Waals surface area contributed by atoms with Gasteiger partial charge in [-0.05, 0) is 12.1 Å². The van der Waals surface area contributed by atoms with Crippen LogP contribution in [0.2, 0.25) is 0 Å². The molecule has 0 aromatic carbocycles. The predicted molar refractivity (Wildman–Crippen MR) is 46.6 cm³/mol. The number of thioether (sulfide) groups is 1. The van der Waals surface area contributed by atoms with E-state index in [1.807, 2.05) is 25.1 Å². The predicted octanol–water partition coefficient (Wildman–Crippen LogP) is 1.55. The highest BCUT2D eigenvalue weighted by Gasteiger charge is 2.01. The molecule has 0 saturated carbocycles. The van der Waals surface area contributed by atoms with Crippen LogP contribution in [0.3, 0.4) is 0 Å².